The van der Waals surface area contributed by atoms with Gasteiger partial charge in [0.25, 0.3) is 5.91 Å². The van der Waals surface area contributed by atoms with Crippen molar-refractivity contribution in [1.82, 2.24) is 5.32 Å². The van der Waals surface area contributed by atoms with E-state index in [0.717, 1.165) is 12.8 Å². The largest absolute Gasteiger partial charge is 0.482 e. The van der Waals surface area contributed by atoms with Gasteiger partial charge in [-0.1, -0.05) is 29.3 Å². The van der Waals surface area contributed by atoms with Gasteiger partial charge >= 0.3 is 0 Å². The summed E-state index contributed by atoms with van der Waals surface area (Å²) in [5.41, 5.74) is 0. The summed E-state index contributed by atoms with van der Waals surface area (Å²) < 4.78 is 28.7. The van der Waals surface area contributed by atoms with Crippen LogP contribution < -0.4 is 15.2 Å². The van der Waals surface area contributed by atoms with Crippen LogP contribution in [0.3, 0.4) is 0 Å². The molecule has 1 rings (SSSR count). The molecule has 8 heteroatoms. The number of hydrogen-bond acceptors (Lipinski definition) is 4. The Morgan fingerprint density at radius 2 is 2.15 bits per heavy atom. The lowest BCUT2D eigenvalue weighted by Crippen LogP contribution is -2.30. The third-order valence-electron chi connectivity index (χ3n) is 2.42. The summed E-state index contributed by atoms with van der Waals surface area (Å²) in [6.07, 6.45) is 1.86. The second-order valence-electron chi connectivity index (χ2n) is 4.13. The summed E-state index contributed by atoms with van der Waals surface area (Å²) in [5.74, 6) is -0.247. The Kier molecular flexibility index (Phi) is 6.44. The van der Waals surface area contributed by atoms with E-state index in [-0.39, 0.29) is 23.2 Å². The fraction of sp³-hybridized carbons (Fsp3) is 0.417. The van der Waals surface area contributed by atoms with E-state index in [1.807, 2.05) is 6.92 Å². The highest BCUT2D eigenvalue weighted by atomic mass is 79.9. The van der Waals surface area contributed by atoms with Crippen molar-refractivity contribution < 1.29 is 17.9 Å². The predicted octanol–water partition coefficient (Wildman–Crippen LogP) is 1.39. The van der Waals surface area contributed by atoms with Gasteiger partial charge in [0, 0.05) is 11.0 Å². The number of nitrogens with two attached hydrogens (primary N) is 1. The molecule has 6 nitrogen and oxygen atoms in total. The number of nitrogens with one attached hydrogen (secondary N) is 1. The second-order valence-corrected chi connectivity index (χ2v) is 6.57. The summed E-state index contributed by atoms with van der Waals surface area (Å²) >= 11 is 3.16. The molecule has 0 unspecified atom stereocenters. The number of sulfonamides is 1. The number of unbranched alkanes of at least 4 members (excludes halogenated alkanes) is 1. The maximum atomic E-state index is 11.5. The molecule has 0 radical (unpaired) electrons. The molecule has 0 aliphatic rings. The van der Waals surface area contributed by atoms with Crippen LogP contribution in [0.4, 0.5) is 0 Å². The monoisotopic (exact) mass is 364 g/mol. The first-order valence-corrected chi connectivity index (χ1v) is 8.40. The summed E-state index contributed by atoms with van der Waals surface area (Å²) in [7, 11) is -3.91. The number of primary sulfonamides is 1. The van der Waals surface area contributed by atoms with Gasteiger partial charge in [-0.25, -0.2) is 13.6 Å². The van der Waals surface area contributed by atoms with Gasteiger partial charge in [-0.2, -0.15) is 0 Å². The number of carbonyl (C=O) groups excluding carboxylic acids is 1. The van der Waals surface area contributed by atoms with Gasteiger partial charge in [-0.3, -0.25) is 4.79 Å². The zero-order chi connectivity index (χ0) is 15.2. The van der Waals surface area contributed by atoms with E-state index in [2.05, 4.69) is 21.2 Å². The first kappa shape index (κ1) is 16.9. The summed E-state index contributed by atoms with van der Waals surface area (Å²) in [6.45, 7) is 2.33. The molecule has 0 aliphatic carbocycles. The van der Waals surface area contributed by atoms with Crippen LogP contribution in [-0.2, 0) is 14.8 Å². The second kappa shape index (κ2) is 7.61. The summed E-state index contributed by atoms with van der Waals surface area (Å²) in [5, 5.41) is 7.77. The number of halogens is 1. The number of hydrogen-bond donors (Lipinski definition) is 2. The minimum Gasteiger partial charge on any atom is -0.482 e. The first-order chi connectivity index (χ1) is 9.34. The average molecular weight is 365 g/mol. The van der Waals surface area contributed by atoms with Crippen molar-refractivity contribution in [3.63, 3.8) is 0 Å². The van der Waals surface area contributed by atoms with E-state index in [9.17, 15) is 13.2 Å². The smallest absolute Gasteiger partial charge is 0.257 e. The molecule has 0 saturated heterocycles. The standard InChI is InChI=1S/C12H17BrN2O4S/c1-2-3-6-15-12(16)8-19-10-5-4-9(13)7-11(10)20(14,17)18/h4-5,7H,2-3,6,8H2,1H3,(H,15,16)(H2,14,17,18). The molecule has 0 saturated carbocycles. The first-order valence-electron chi connectivity index (χ1n) is 6.06. The molecule has 0 heterocycles. The fourth-order valence-corrected chi connectivity index (χ4v) is 2.63. The van der Waals surface area contributed by atoms with Crippen LogP contribution in [0.1, 0.15) is 19.8 Å². The van der Waals surface area contributed by atoms with Crippen molar-refractivity contribution in [2.24, 2.45) is 5.14 Å². The zero-order valence-corrected chi connectivity index (χ0v) is 13.5. The fourth-order valence-electron chi connectivity index (χ4n) is 1.42. The van der Waals surface area contributed by atoms with Crippen molar-refractivity contribution in [3.8, 4) is 5.75 Å². The topological polar surface area (TPSA) is 98.5 Å². The Labute approximate surface area is 126 Å². The number of rotatable bonds is 7. The molecule has 0 bridgehead atoms. The molecule has 0 spiro atoms. The van der Waals surface area contributed by atoms with Crippen LogP contribution in [0.25, 0.3) is 0 Å². The number of ether oxygens (including phenoxy) is 1. The molecule has 0 aromatic heterocycles. The number of carbonyl (C=O) groups is 1. The molecule has 20 heavy (non-hydrogen) atoms. The Hall–Kier alpha value is -1.12. The minimum atomic E-state index is -3.91. The maximum absolute atomic E-state index is 11.5. The lowest BCUT2D eigenvalue weighted by Gasteiger charge is -2.10. The van der Waals surface area contributed by atoms with Gasteiger partial charge in [0.15, 0.2) is 6.61 Å². The Balaban J connectivity index is 2.71. The normalized spacial score (nSPS) is 11.2. The SMILES string of the molecule is CCCCNC(=O)COc1ccc(Br)cc1S(N)(=O)=O. The quantitative estimate of drug-likeness (QED) is 0.714. The minimum absolute atomic E-state index is 0.0568. The van der Waals surface area contributed by atoms with Crippen molar-refractivity contribution in [2.45, 2.75) is 24.7 Å². The van der Waals surface area contributed by atoms with Crippen molar-refractivity contribution in [3.05, 3.63) is 22.7 Å². The van der Waals surface area contributed by atoms with Gasteiger partial charge in [0.05, 0.1) is 0 Å². The lowest BCUT2D eigenvalue weighted by molar-refractivity contribution is -0.123. The number of amides is 1. The van der Waals surface area contributed by atoms with Gasteiger partial charge in [0.2, 0.25) is 10.0 Å². The Morgan fingerprint density at radius 1 is 1.45 bits per heavy atom. The van der Waals surface area contributed by atoms with Gasteiger partial charge in [-0.05, 0) is 24.6 Å². The molecule has 0 fully saturated rings. The zero-order valence-electron chi connectivity index (χ0n) is 11.1. The molecular formula is C12H17BrN2O4S. The highest BCUT2D eigenvalue weighted by Gasteiger charge is 2.16. The van der Waals surface area contributed by atoms with Crippen LogP contribution in [0.5, 0.6) is 5.75 Å². The molecular weight excluding hydrogens is 348 g/mol. The highest BCUT2D eigenvalue weighted by molar-refractivity contribution is 9.10. The maximum Gasteiger partial charge on any atom is 0.257 e. The average Bonchev–Trinajstić information content (AvgIpc) is 2.36. The predicted molar refractivity (Wildman–Crippen MR) is 78.9 cm³/mol. The van der Waals surface area contributed by atoms with Crippen LogP contribution >= 0.6 is 15.9 Å². The van der Waals surface area contributed by atoms with E-state index in [1.54, 1.807) is 6.07 Å². The van der Waals surface area contributed by atoms with Gasteiger partial charge in [0.1, 0.15) is 10.6 Å². The Bertz CT molecular complexity index is 575. The van der Waals surface area contributed by atoms with Crippen molar-refractivity contribution >= 4 is 31.9 Å². The van der Waals surface area contributed by atoms with E-state index in [4.69, 9.17) is 9.88 Å². The van der Waals surface area contributed by atoms with Crippen molar-refractivity contribution in [2.75, 3.05) is 13.2 Å². The van der Waals surface area contributed by atoms with Gasteiger partial charge in [-0.15, -0.1) is 0 Å². The molecule has 0 aliphatic heterocycles. The molecule has 1 amide bonds. The van der Waals surface area contributed by atoms with Crippen LogP contribution in [0, 0.1) is 0 Å². The summed E-state index contributed by atoms with van der Waals surface area (Å²) in [4.78, 5) is 11.3. The molecule has 1 aromatic carbocycles. The van der Waals surface area contributed by atoms with Crippen LogP contribution in [0.2, 0.25) is 0 Å². The van der Waals surface area contributed by atoms with Crippen LogP contribution in [-0.4, -0.2) is 27.5 Å². The van der Waals surface area contributed by atoms with E-state index >= 15 is 0 Å². The molecule has 0 atom stereocenters. The van der Waals surface area contributed by atoms with E-state index < -0.39 is 10.0 Å². The van der Waals surface area contributed by atoms with Gasteiger partial charge < -0.3 is 10.1 Å². The number of benzene rings is 1. The molecule has 3 N–H and O–H groups in total. The third kappa shape index (κ3) is 5.48. The van der Waals surface area contributed by atoms with Crippen molar-refractivity contribution in [1.29, 1.82) is 0 Å². The molecule has 112 valence electrons. The third-order valence-corrected chi connectivity index (χ3v) is 3.85. The Morgan fingerprint density at radius 3 is 2.75 bits per heavy atom. The summed E-state index contributed by atoms with van der Waals surface area (Å²) in [6, 6.07) is 4.39. The highest BCUT2D eigenvalue weighted by Crippen LogP contribution is 2.26. The lowest BCUT2D eigenvalue weighted by atomic mass is 10.3. The van der Waals surface area contributed by atoms with E-state index in [1.165, 1.54) is 12.1 Å². The molecule has 1 aromatic rings. The van der Waals surface area contributed by atoms with Crippen LogP contribution in [0.15, 0.2) is 27.6 Å². The van der Waals surface area contributed by atoms with E-state index in [0.29, 0.717) is 11.0 Å².